The van der Waals surface area contributed by atoms with Crippen molar-refractivity contribution in [1.29, 1.82) is 0 Å². The Morgan fingerprint density at radius 3 is 2.21 bits per heavy atom. The first-order chi connectivity index (χ1) is 8.67. The van der Waals surface area contributed by atoms with Gasteiger partial charge in [-0.05, 0) is 38.1 Å². The lowest BCUT2D eigenvalue weighted by molar-refractivity contribution is 0.0950. The van der Waals surface area contributed by atoms with Crippen LogP contribution in [0.3, 0.4) is 0 Å². The molecule has 0 aliphatic carbocycles. The van der Waals surface area contributed by atoms with Crippen LogP contribution in [0.15, 0.2) is 24.3 Å². The van der Waals surface area contributed by atoms with Gasteiger partial charge in [0.2, 0.25) is 0 Å². The normalized spacial score (nSPS) is 12.0. The van der Waals surface area contributed by atoms with Crippen LogP contribution in [0.25, 0.3) is 0 Å². The van der Waals surface area contributed by atoms with E-state index in [1.165, 1.54) is 0 Å². The number of anilines is 1. The summed E-state index contributed by atoms with van der Waals surface area (Å²) in [5.41, 5.74) is 3.59. The number of hydrogen-bond acceptors (Lipinski definition) is 5. The molecule has 0 spiro atoms. The highest BCUT2D eigenvalue weighted by molar-refractivity contribution is 7.92. The Hall–Kier alpha value is -1.60. The van der Waals surface area contributed by atoms with Crippen LogP contribution in [-0.2, 0) is 9.84 Å². The highest BCUT2D eigenvalue weighted by Gasteiger charge is 2.30. The van der Waals surface area contributed by atoms with Crippen molar-refractivity contribution < 1.29 is 13.2 Å². The summed E-state index contributed by atoms with van der Waals surface area (Å²) in [5.74, 6) is 4.90. The van der Waals surface area contributed by atoms with Crippen molar-refractivity contribution in [1.82, 2.24) is 5.32 Å². The molecule has 4 N–H and O–H groups in total. The fraction of sp³-hybridized carbons (Fsp3) is 0.417. The molecule has 1 rings (SSSR count). The summed E-state index contributed by atoms with van der Waals surface area (Å²) in [5, 5.41) is 2.61. The molecule has 106 valence electrons. The van der Waals surface area contributed by atoms with Crippen molar-refractivity contribution in [2.45, 2.75) is 18.6 Å². The Labute approximate surface area is 113 Å². The number of sulfone groups is 1. The van der Waals surface area contributed by atoms with Gasteiger partial charge in [0.05, 0.1) is 4.75 Å². The molecule has 0 bridgehead atoms. The average molecular weight is 285 g/mol. The number of nitrogens with two attached hydrogens (primary N) is 1. The lowest BCUT2D eigenvalue weighted by atomic mass is 10.1. The van der Waals surface area contributed by atoms with Gasteiger partial charge in [-0.2, -0.15) is 0 Å². The number of hydrazine groups is 1. The van der Waals surface area contributed by atoms with Crippen LogP contribution < -0.4 is 16.6 Å². The molecule has 0 saturated carbocycles. The first-order valence-corrected chi connectivity index (χ1v) is 7.61. The monoisotopic (exact) mass is 285 g/mol. The van der Waals surface area contributed by atoms with Crippen LogP contribution in [0.2, 0.25) is 0 Å². The molecule has 19 heavy (non-hydrogen) atoms. The van der Waals surface area contributed by atoms with E-state index in [0.717, 1.165) is 6.26 Å². The number of benzene rings is 1. The SMILES string of the molecule is CC(C)(CNC(=O)c1ccc(NN)cc1)S(C)(=O)=O. The van der Waals surface area contributed by atoms with Gasteiger partial charge in [0.25, 0.3) is 5.91 Å². The van der Waals surface area contributed by atoms with Gasteiger partial charge in [-0.25, -0.2) is 8.42 Å². The minimum atomic E-state index is -3.23. The second kappa shape index (κ2) is 5.58. The molecule has 1 aromatic rings. The average Bonchev–Trinajstić information content (AvgIpc) is 2.35. The van der Waals surface area contributed by atoms with E-state index >= 15 is 0 Å². The first-order valence-electron chi connectivity index (χ1n) is 5.72. The van der Waals surface area contributed by atoms with Crippen molar-refractivity contribution in [3.63, 3.8) is 0 Å². The molecule has 0 aromatic heterocycles. The molecular formula is C12H19N3O3S. The maximum Gasteiger partial charge on any atom is 0.251 e. The molecule has 0 saturated heterocycles. The van der Waals surface area contributed by atoms with Crippen molar-refractivity contribution >= 4 is 21.4 Å². The van der Waals surface area contributed by atoms with Gasteiger partial charge in [-0.15, -0.1) is 0 Å². The highest BCUT2D eigenvalue weighted by atomic mass is 32.2. The summed E-state index contributed by atoms with van der Waals surface area (Å²) in [7, 11) is -3.23. The molecular weight excluding hydrogens is 266 g/mol. The molecule has 6 nitrogen and oxygen atoms in total. The molecule has 0 atom stereocenters. The Morgan fingerprint density at radius 2 is 1.79 bits per heavy atom. The molecule has 0 aliphatic rings. The summed E-state index contributed by atoms with van der Waals surface area (Å²) in [6.07, 6.45) is 1.15. The van der Waals surface area contributed by atoms with Crippen LogP contribution >= 0.6 is 0 Å². The standard InChI is InChI=1S/C12H19N3O3S/c1-12(2,19(3,17)18)8-14-11(16)9-4-6-10(15-13)7-5-9/h4-7,15H,8,13H2,1-3H3,(H,14,16). The van der Waals surface area contributed by atoms with Crippen LogP contribution in [0.5, 0.6) is 0 Å². The maximum atomic E-state index is 11.9. The third-order valence-corrected chi connectivity index (χ3v) is 5.14. The second-order valence-corrected chi connectivity index (χ2v) is 7.59. The van der Waals surface area contributed by atoms with E-state index in [-0.39, 0.29) is 12.5 Å². The van der Waals surface area contributed by atoms with Gasteiger partial charge in [-0.3, -0.25) is 10.6 Å². The van der Waals surface area contributed by atoms with Crippen LogP contribution in [0, 0.1) is 0 Å². The summed E-state index contributed by atoms with van der Waals surface area (Å²) in [6, 6.07) is 6.54. The Kier molecular flexibility index (Phi) is 4.54. The Morgan fingerprint density at radius 1 is 1.26 bits per heavy atom. The van der Waals surface area contributed by atoms with E-state index in [4.69, 9.17) is 5.84 Å². The third kappa shape index (κ3) is 3.93. The zero-order valence-corrected chi connectivity index (χ0v) is 12.0. The Balaban J connectivity index is 2.70. The van der Waals surface area contributed by atoms with Crippen molar-refractivity contribution in [2.75, 3.05) is 18.2 Å². The van der Waals surface area contributed by atoms with Gasteiger partial charge in [0.15, 0.2) is 9.84 Å². The molecule has 7 heteroatoms. The van der Waals surface area contributed by atoms with Crippen molar-refractivity contribution in [2.24, 2.45) is 5.84 Å². The summed E-state index contributed by atoms with van der Waals surface area (Å²) in [6.45, 7) is 3.20. The summed E-state index contributed by atoms with van der Waals surface area (Å²) < 4.78 is 22.0. The molecule has 1 aromatic carbocycles. The number of nitrogens with one attached hydrogen (secondary N) is 2. The highest BCUT2D eigenvalue weighted by Crippen LogP contribution is 2.14. The van der Waals surface area contributed by atoms with E-state index in [0.29, 0.717) is 11.3 Å². The predicted molar refractivity (Wildman–Crippen MR) is 75.5 cm³/mol. The summed E-state index contributed by atoms with van der Waals surface area (Å²) in [4.78, 5) is 11.9. The minimum Gasteiger partial charge on any atom is -0.350 e. The van der Waals surface area contributed by atoms with E-state index in [1.54, 1.807) is 38.1 Å². The number of rotatable bonds is 5. The Bertz CT molecular complexity index is 550. The van der Waals surface area contributed by atoms with E-state index < -0.39 is 14.6 Å². The summed E-state index contributed by atoms with van der Waals surface area (Å²) >= 11 is 0. The van der Waals surface area contributed by atoms with Crippen LogP contribution in [0.4, 0.5) is 5.69 Å². The zero-order chi connectivity index (χ0) is 14.7. The molecule has 1 amide bonds. The first kappa shape index (κ1) is 15.5. The molecule has 0 fully saturated rings. The minimum absolute atomic E-state index is 0.0571. The third-order valence-electron chi connectivity index (χ3n) is 2.99. The van der Waals surface area contributed by atoms with Gasteiger partial charge >= 0.3 is 0 Å². The van der Waals surface area contributed by atoms with Gasteiger partial charge in [0, 0.05) is 24.1 Å². The number of nitrogen functional groups attached to an aromatic ring is 1. The predicted octanol–water partition coefficient (Wildman–Crippen LogP) is 0.525. The van der Waals surface area contributed by atoms with Crippen LogP contribution in [-0.4, -0.2) is 31.9 Å². The van der Waals surface area contributed by atoms with Gasteiger partial charge in [0.1, 0.15) is 0 Å². The van der Waals surface area contributed by atoms with Crippen molar-refractivity contribution in [3.8, 4) is 0 Å². The molecule has 0 radical (unpaired) electrons. The van der Waals surface area contributed by atoms with E-state index in [2.05, 4.69) is 10.7 Å². The number of carbonyl (C=O) groups is 1. The largest absolute Gasteiger partial charge is 0.350 e. The van der Waals surface area contributed by atoms with Crippen molar-refractivity contribution in [3.05, 3.63) is 29.8 Å². The number of amides is 1. The topological polar surface area (TPSA) is 101 Å². The lowest BCUT2D eigenvalue weighted by Crippen LogP contribution is -2.43. The maximum absolute atomic E-state index is 11.9. The lowest BCUT2D eigenvalue weighted by Gasteiger charge is -2.22. The van der Waals surface area contributed by atoms with Crippen LogP contribution in [0.1, 0.15) is 24.2 Å². The van der Waals surface area contributed by atoms with E-state index in [9.17, 15) is 13.2 Å². The fourth-order valence-electron chi connectivity index (χ4n) is 1.24. The molecule has 0 heterocycles. The van der Waals surface area contributed by atoms with Gasteiger partial charge < -0.3 is 10.7 Å². The number of carbonyl (C=O) groups excluding carboxylic acids is 1. The smallest absolute Gasteiger partial charge is 0.251 e. The fourth-order valence-corrected chi connectivity index (χ4v) is 1.58. The quantitative estimate of drug-likeness (QED) is 0.541. The number of hydrogen-bond donors (Lipinski definition) is 3. The molecule has 0 unspecified atom stereocenters. The zero-order valence-electron chi connectivity index (χ0n) is 11.2. The second-order valence-electron chi connectivity index (χ2n) is 4.94. The van der Waals surface area contributed by atoms with Gasteiger partial charge in [-0.1, -0.05) is 0 Å². The van der Waals surface area contributed by atoms with E-state index in [1.807, 2.05) is 0 Å². The molecule has 0 aliphatic heterocycles.